The molecule has 216 valence electrons. The van der Waals surface area contributed by atoms with Crippen LogP contribution < -0.4 is 10.6 Å². The molecular formula is C29H11F12N. The number of nitrogens with zero attached hydrogens (tertiary/aromatic N) is 1. The van der Waals surface area contributed by atoms with E-state index in [4.69, 9.17) is 0 Å². The summed E-state index contributed by atoms with van der Waals surface area (Å²) < 4.78 is 167. The van der Waals surface area contributed by atoms with E-state index in [1.165, 1.54) is 6.07 Å². The van der Waals surface area contributed by atoms with E-state index >= 15 is 0 Å². The van der Waals surface area contributed by atoms with Crippen LogP contribution in [0.2, 0.25) is 0 Å². The maximum absolute atomic E-state index is 13.9. The Balaban J connectivity index is 1.51. The quantitative estimate of drug-likeness (QED) is 0.285. The third-order valence-electron chi connectivity index (χ3n) is 8.11. The van der Waals surface area contributed by atoms with Gasteiger partial charge in [-0.05, 0) is 63.8 Å². The Hall–Kier alpha value is -4.03. The Bertz CT molecular complexity index is 1770. The molecule has 1 heterocycles. The summed E-state index contributed by atoms with van der Waals surface area (Å²) in [5.74, 6) is -2.93. The minimum absolute atomic E-state index is 0.00750. The van der Waals surface area contributed by atoms with Crippen LogP contribution in [0, 0.1) is 11.8 Å². The highest BCUT2D eigenvalue weighted by molar-refractivity contribution is 5.98. The molecule has 0 N–H and O–H groups in total. The second kappa shape index (κ2) is 7.87. The molecule has 42 heavy (non-hydrogen) atoms. The zero-order valence-corrected chi connectivity index (χ0v) is 20.3. The molecule has 7 rings (SSSR count). The molecule has 1 aromatic rings. The Morgan fingerprint density at radius 1 is 0.524 bits per heavy atom. The Morgan fingerprint density at radius 3 is 1.50 bits per heavy atom. The molecule has 1 nitrogen and oxygen atoms in total. The minimum Gasteiger partial charge on any atom is -0.247 e. The van der Waals surface area contributed by atoms with Crippen LogP contribution >= 0.6 is 0 Å². The monoisotopic (exact) mass is 601 g/mol. The van der Waals surface area contributed by atoms with Crippen molar-refractivity contribution < 1.29 is 52.7 Å². The summed E-state index contributed by atoms with van der Waals surface area (Å²) in [5, 5.41) is 0.154. The highest BCUT2D eigenvalue weighted by atomic mass is 19.4. The van der Waals surface area contributed by atoms with Crippen molar-refractivity contribution in [3.63, 3.8) is 0 Å². The van der Waals surface area contributed by atoms with Gasteiger partial charge in [-0.15, -0.1) is 0 Å². The maximum atomic E-state index is 13.9. The first kappa shape index (κ1) is 26.8. The summed E-state index contributed by atoms with van der Waals surface area (Å²) in [6.07, 6.45) is -14.2. The molecule has 6 aliphatic carbocycles. The number of hydrogen-bond acceptors (Lipinski definition) is 1. The molecule has 0 radical (unpaired) electrons. The third kappa shape index (κ3) is 3.51. The standard InChI is InChI=1S/C29H11F12N/c30-26(31,32)16-5-1-10-14-9-15-11-2-6-17(27(33,34)35)23-19(29(39,40)41)8-4-13(21(11)23)25(15)42-24(14)12-3-7-18(28(36,37)38)22(16)20(10)12/h1-9,20-21H. The van der Waals surface area contributed by atoms with Crippen LogP contribution in [0.15, 0.2) is 88.1 Å². The molecule has 6 aliphatic rings. The van der Waals surface area contributed by atoms with E-state index in [1.54, 1.807) is 0 Å². The van der Waals surface area contributed by atoms with Gasteiger partial charge in [-0.1, -0.05) is 24.3 Å². The van der Waals surface area contributed by atoms with Crippen molar-refractivity contribution in [3.05, 3.63) is 110 Å². The highest BCUT2D eigenvalue weighted by Gasteiger charge is 2.52. The molecule has 0 bridgehead atoms. The number of aromatic nitrogens is 1. The van der Waals surface area contributed by atoms with Gasteiger partial charge in [0.05, 0.1) is 33.3 Å². The van der Waals surface area contributed by atoms with Crippen LogP contribution in [0.3, 0.4) is 0 Å². The zero-order chi connectivity index (χ0) is 30.3. The Morgan fingerprint density at radius 2 is 1.00 bits per heavy atom. The number of alkyl halides is 12. The second-order valence-corrected chi connectivity index (χ2v) is 10.3. The molecule has 0 saturated carbocycles. The largest absolute Gasteiger partial charge is 0.416 e. The number of halogens is 12. The molecule has 0 aliphatic heterocycles. The van der Waals surface area contributed by atoms with Crippen LogP contribution in [-0.2, 0) is 0 Å². The van der Waals surface area contributed by atoms with Crippen LogP contribution in [0.4, 0.5) is 52.7 Å². The summed E-state index contributed by atoms with van der Waals surface area (Å²) in [7, 11) is 0. The van der Waals surface area contributed by atoms with Crippen molar-refractivity contribution in [2.75, 3.05) is 0 Å². The lowest BCUT2D eigenvalue weighted by molar-refractivity contribution is -0.0976. The first-order valence-electron chi connectivity index (χ1n) is 12.2. The average molecular weight is 601 g/mol. The van der Waals surface area contributed by atoms with Crippen molar-refractivity contribution in [1.82, 2.24) is 4.98 Å². The first-order valence-corrected chi connectivity index (χ1v) is 12.2. The molecular weight excluding hydrogens is 590 g/mol. The van der Waals surface area contributed by atoms with Gasteiger partial charge in [0.15, 0.2) is 0 Å². The number of allylic oxidation sites excluding steroid dienone is 16. The van der Waals surface area contributed by atoms with E-state index in [1.807, 2.05) is 0 Å². The average Bonchev–Trinajstić information content (AvgIpc) is 3.35. The molecule has 13 heteroatoms. The molecule has 0 aromatic carbocycles. The van der Waals surface area contributed by atoms with Crippen LogP contribution in [0.5, 0.6) is 0 Å². The van der Waals surface area contributed by atoms with Gasteiger partial charge < -0.3 is 0 Å². The summed E-state index contributed by atoms with van der Waals surface area (Å²) in [6, 6.07) is 1.38. The second-order valence-electron chi connectivity index (χ2n) is 10.3. The lowest BCUT2D eigenvalue weighted by Crippen LogP contribution is -2.28. The fourth-order valence-corrected chi connectivity index (χ4v) is 6.61. The van der Waals surface area contributed by atoms with Crippen LogP contribution in [-0.4, -0.2) is 29.7 Å². The van der Waals surface area contributed by atoms with Crippen molar-refractivity contribution >= 4 is 22.3 Å². The number of hydrogen-bond donors (Lipinski definition) is 0. The zero-order valence-electron chi connectivity index (χ0n) is 20.3. The predicted molar refractivity (Wildman–Crippen MR) is 126 cm³/mol. The molecule has 0 spiro atoms. The van der Waals surface area contributed by atoms with E-state index in [0.29, 0.717) is 24.3 Å². The topological polar surface area (TPSA) is 12.9 Å². The molecule has 1 aromatic heterocycles. The van der Waals surface area contributed by atoms with Crippen molar-refractivity contribution in [2.24, 2.45) is 11.8 Å². The number of pyridine rings is 1. The van der Waals surface area contributed by atoms with Gasteiger partial charge in [-0.3, -0.25) is 0 Å². The van der Waals surface area contributed by atoms with Gasteiger partial charge in [0.2, 0.25) is 0 Å². The van der Waals surface area contributed by atoms with E-state index in [-0.39, 0.29) is 44.1 Å². The lowest BCUT2D eigenvalue weighted by Gasteiger charge is -2.32. The van der Waals surface area contributed by atoms with E-state index < -0.39 is 70.0 Å². The fourth-order valence-electron chi connectivity index (χ4n) is 6.61. The van der Waals surface area contributed by atoms with Gasteiger partial charge in [-0.2, -0.15) is 52.7 Å². The van der Waals surface area contributed by atoms with E-state index in [0.717, 1.165) is 24.3 Å². The summed E-state index contributed by atoms with van der Waals surface area (Å²) in [6.45, 7) is 0. The van der Waals surface area contributed by atoms with Gasteiger partial charge in [0.1, 0.15) is 0 Å². The molecule has 0 saturated heterocycles. The number of rotatable bonds is 0. The first-order chi connectivity index (χ1) is 19.4. The van der Waals surface area contributed by atoms with Crippen LogP contribution in [0.1, 0.15) is 11.3 Å². The lowest BCUT2D eigenvalue weighted by atomic mass is 9.74. The summed E-state index contributed by atoms with van der Waals surface area (Å²) in [4.78, 5) is 4.50. The summed E-state index contributed by atoms with van der Waals surface area (Å²) in [5.41, 5.74) is -7.53. The predicted octanol–water partition coefficient (Wildman–Crippen LogP) is 7.27. The molecule has 2 atom stereocenters. The van der Waals surface area contributed by atoms with Crippen molar-refractivity contribution in [3.8, 4) is 0 Å². The van der Waals surface area contributed by atoms with Gasteiger partial charge >= 0.3 is 24.7 Å². The Labute approximate surface area is 226 Å². The molecule has 2 unspecified atom stereocenters. The molecule has 0 amide bonds. The SMILES string of the molecule is FC(F)(F)C1=CC=C2c3nc4c(cc3=C3C=CC(C(F)(F)F)=C1C23)C1=CC=C(C(F)(F)F)C2=C(C(F)(F)F)C=CC=4C12. The van der Waals surface area contributed by atoms with E-state index in [9.17, 15) is 52.7 Å². The van der Waals surface area contributed by atoms with Crippen molar-refractivity contribution in [2.45, 2.75) is 24.7 Å². The van der Waals surface area contributed by atoms with E-state index in [2.05, 4.69) is 4.98 Å². The maximum Gasteiger partial charge on any atom is 0.416 e. The summed E-state index contributed by atoms with van der Waals surface area (Å²) >= 11 is 0. The Kier molecular flexibility index (Phi) is 5.03. The minimum atomic E-state index is -5.11. The van der Waals surface area contributed by atoms with Crippen molar-refractivity contribution in [1.29, 1.82) is 0 Å². The molecule has 0 fully saturated rings. The third-order valence-corrected chi connectivity index (χ3v) is 8.11. The van der Waals surface area contributed by atoms with Crippen LogP contribution in [0.25, 0.3) is 22.3 Å². The number of fused-ring (bicyclic) bond motifs is 4. The fraction of sp³-hybridized carbons (Fsp3) is 0.207. The van der Waals surface area contributed by atoms with Gasteiger partial charge in [0, 0.05) is 22.6 Å². The normalized spacial score (nSPS) is 24.3. The van der Waals surface area contributed by atoms with Gasteiger partial charge in [-0.25, -0.2) is 4.98 Å². The smallest absolute Gasteiger partial charge is 0.247 e. The highest BCUT2D eigenvalue weighted by Crippen LogP contribution is 2.56. The van der Waals surface area contributed by atoms with Gasteiger partial charge in [0.25, 0.3) is 0 Å².